The molecule has 1 rings (SSSR count). The molecule has 88 valence electrons. The van der Waals surface area contributed by atoms with Crippen LogP contribution in [0.3, 0.4) is 0 Å². The molecule has 1 heteroatoms. The predicted molar refractivity (Wildman–Crippen MR) is 76.4 cm³/mol. The van der Waals surface area contributed by atoms with E-state index in [1.54, 1.807) is 6.08 Å². The van der Waals surface area contributed by atoms with Crippen molar-refractivity contribution in [2.24, 2.45) is 5.73 Å². The first-order valence-electron chi connectivity index (χ1n) is 5.62. The van der Waals surface area contributed by atoms with Crippen molar-refractivity contribution in [3.8, 4) is 0 Å². The smallest absolute Gasteiger partial charge is 0.0469 e. The van der Waals surface area contributed by atoms with Crippen LogP contribution in [0.1, 0.15) is 18.1 Å². The maximum absolute atomic E-state index is 6.22. The highest BCUT2D eigenvalue weighted by Crippen LogP contribution is 2.23. The first-order valence-corrected chi connectivity index (χ1v) is 5.62. The third kappa shape index (κ3) is 2.97. The third-order valence-corrected chi connectivity index (χ3v) is 2.65. The van der Waals surface area contributed by atoms with Crippen molar-refractivity contribution in [1.82, 2.24) is 0 Å². The van der Waals surface area contributed by atoms with E-state index in [2.05, 4.69) is 13.2 Å². The van der Waals surface area contributed by atoms with Crippen molar-refractivity contribution in [3.63, 3.8) is 0 Å². The van der Waals surface area contributed by atoms with Gasteiger partial charge in [-0.3, -0.25) is 0 Å². The van der Waals surface area contributed by atoms with Crippen LogP contribution in [0.15, 0.2) is 66.8 Å². The molecule has 0 aliphatic rings. The summed E-state index contributed by atoms with van der Waals surface area (Å²) in [6.07, 6.45) is 5.64. The standard InChI is InChI=1S/C16H19N/c1-5-9-14(12(3)6-2)16(17)15-11-8-7-10-13(15)4/h5-11H,2-3,17H2,1,4H3/b9-5-,16-14+. The second-order valence-corrected chi connectivity index (χ2v) is 3.87. The van der Waals surface area contributed by atoms with E-state index >= 15 is 0 Å². The van der Waals surface area contributed by atoms with Crippen LogP contribution in [-0.4, -0.2) is 0 Å². The summed E-state index contributed by atoms with van der Waals surface area (Å²) in [6.45, 7) is 11.7. The molecule has 0 spiro atoms. The second kappa shape index (κ2) is 5.90. The van der Waals surface area contributed by atoms with Crippen molar-refractivity contribution >= 4 is 5.70 Å². The number of allylic oxidation sites excluding steroid dienone is 5. The highest BCUT2D eigenvalue weighted by molar-refractivity contribution is 5.75. The van der Waals surface area contributed by atoms with E-state index in [0.717, 1.165) is 28.0 Å². The Hall–Kier alpha value is -2.02. The zero-order valence-corrected chi connectivity index (χ0v) is 10.5. The average molecular weight is 225 g/mol. The highest BCUT2D eigenvalue weighted by Gasteiger charge is 2.06. The summed E-state index contributed by atoms with van der Waals surface area (Å²) in [4.78, 5) is 0. The monoisotopic (exact) mass is 225 g/mol. The summed E-state index contributed by atoms with van der Waals surface area (Å²) >= 11 is 0. The maximum Gasteiger partial charge on any atom is 0.0469 e. The van der Waals surface area contributed by atoms with Gasteiger partial charge in [-0.05, 0) is 25.0 Å². The number of rotatable bonds is 4. The Bertz CT molecular complexity index is 490. The summed E-state index contributed by atoms with van der Waals surface area (Å²) < 4.78 is 0. The van der Waals surface area contributed by atoms with Crippen molar-refractivity contribution in [2.75, 3.05) is 0 Å². The fourth-order valence-corrected chi connectivity index (χ4v) is 1.67. The van der Waals surface area contributed by atoms with Gasteiger partial charge >= 0.3 is 0 Å². The first-order chi connectivity index (χ1) is 8.11. The van der Waals surface area contributed by atoms with Crippen LogP contribution in [0.4, 0.5) is 0 Å². The van der Waals surface area contributed by atoms with Gasteiger partial charge in [-0.15, -0.1) is 0 Å². The lowest BCUT2D eigenvalue weighted by molar-refractivity contribution is 1.37. The SMILES string of the molecule is C=CC(=C)C(/C=C\C)=C(/N)c1ccccc1C. The third-order valence-electron chi connectivity index (χ3n) is 2.65. The molecule has 1 nitrogen and oxygen atoms in total. The summed E-state index contributed by atoms with van der Waals surface area (Å²) in [5.41, 5.74) is 10.9. The second-order valence-electron chi connectivity index (χ2n) is 3.87. The number of aryl methyl sites for hydroxylation is 1. The Morgan fingerprint density at radius 2 is 1.94 bits per heavy atom. The van der Waals surface area contributed by atoms with Gasteiger partial charge in [0, 0.05) is 16.8 Å². The van der Waals surface area contributed by atoms with E-state index in [1.807, 2.05) is 50.3 Å². The molecular weight excluding hydrogens is 206 g/mol. The van der Waals surface area contributed by atoms with Gasteiger partial charge in [0.2, 0.25) is 0 Å². The van der Waals surface area contributed by atoms with E-state index in [1.165, 1.54) is 0 Å². The Balaban J connectivity index is 3.39. The lowest BCUT2D eigenvalue weighted by Crippen LogP contribution is -2.03. The van der Waals surface area contributed by atoms with Gasteiger partial charge in [-0.25, -0.2) is 0 Å². The van der Waals surface area contributed by atoms with E-state index in [4.69, 9.17) is 5.73 Å². The van der Waals surface area contributed by atoms with Gasteiger partial charge in [0.1, 0.15) is 0 Å². The molecule has 0 aliphatic heterocycles. The molecule has 1 aromatic carbocycles. The summed E-state index contributed by atoms with van der Waals surface area (Å²) in [5, 5.41) is 0. The van der Waals surface area contributed by atoms with E-state index in [-0.39, 0.29) is 0 Å². The molecule has 0 amide bonds. The molecule has 0 radical (unpaired) electrons. The molecule has 0 saturated carbocycles. The van der Waals surface area contributed by atoms with Crippen LogP contribution in [0, 0.1) is 6.92 Å². The Labute approximate surface area is 104 Å². The van der Waals surface area contributed by atoms with Gasteiger partial charge < -0.3 is 5.73 Å². The molecule has 0 saturated heterocycles. The lowest BCUT2D eigenvalue weighted by Gasteiger charge is -2.11. The molecule has 0 unspecified atom stereocenters. The normalized spacial score (nSPS) is 12.4. The van der Waals surface area contributed by atoms with E-state index in [0.29, 0.717) is 0 Å². The molecule has 1 aromatic rings. The van der Waals surface area contributed by atoms with Crippen LogP contribution in [0.25, 0.3) is 5.70 Å². The van der Waals surface area contributed by atoms with Crippen LogP contribution in [0.5, 0.6) is 0 Å². The number of benzene rings is 1. The van der Waals surface area contributed by atoms with Crippen molar-refractivity contribution in [2.45, 2.75) is 13.8 Å². The zero-order chi connectivity index (χ0) is 12.8. The minimum absolute atomic E-state index is 0.742. The van der Waals surface area contributed by atoms with Gasteiger partial charge in [0.25, 0.3) is 0 Å². The van der Waals surface area contributed by atoms with Crippen LogP contribution < -0.4 is 5.73 Å². The number of nitrogens with two attached hydrogens (primary N) is 1. The fraction of sp³-hybridized carbons (Fsp3) is 0.125. The molecule has 0 fully saturated rings. The van der Waals surface area contributed by atoms with Crippen LogP contribution in [-0.2, 0) is 0 Å². The van der Waals surface area contributed by atoms with Crippen molar-refractivity contribution in [1.29, 1.82) is 0 Å². The highest BCUT2D eigenvalue weighted by atomic mass is 14.6. The van der Waals surface area contributed by atoms with Crippen LogP contribution in [0.2, 0.25) is 0 Å². The zero-order valence-electron chi connectivity index (χ0n) is 10.5. The summed E-state index contributed by atoms with van der Waals surface area (Å²) in [7, 11) is 0. The maximum atomic E-state index is 6.22. The molecular formula is C16H19N. The minimum Gasteiger partial charge on any atom is -0.398 e. The molecule has 0 atom stereocenters. The van der Waals surface area contributed by atoms with Gasteiger partial charge in [-0.2, -0.15) is 0 Å². The van der Waals surface area contributed by atoms with Gasteiger partial charge in [0.15, 0.2) is 0 Å². The molecule has 17 heavy (non-hydrogen) atoms. The predicted octanol–water partition coefficient (Wildman–Crippen LogP) is 3.98. The quantitative estimate of drug-likeness (QED) is 0.770. The molecule has 2 N–H and O–H groups in total. The fourth-order valence-electron chi connectivity index (χ4n) is 1.67. The average Bonchev–Trinajstić information content (AvgIpc) is 2.35. The van der Waals surface area contributed by atoms with Crippen molar-refractivity contribution < 1.29 is 0 Å². The largest absolute Gasteiger partial charge is 0.398 e. The molecule has 0 heterocycles. The number of hydrogen-bond acceptors (Lipinski definition) is 1. The first kappa shape index (κ1) is 13.0. The Morgan fingerprint density at radius 3 is 2.47 bits per heavy atom. The molecule has 0 aliphatic carbocycles. The minimum atomic E-state index is 0.742. The Kier molecular flexibility index (Phi) is 4.53. The Morgan fingerprint density at radius 1 is 1.29 bits per heavy atom. The molecule has 0 bridgehead atoms. The summed E-state index contributed by atoms with van der Waals surface area (Å²) in [6, 6.07) is 8.06. The van der Waals surface area contributed by atoms with Gasteiger partial charge in [-0.1, -0.05) is 55.7 Å². The van der Waals surface area contributed by atoms with E-state index < -0.39 is 0 Å². The number of hydrogen-bond donors (Lipinski definition) is 1. The lowest BCUT2D eigenvalue weighted by atomic mass is 9.97. The van der Waals surface area contributed by atoms with Crippen molar-refractivity contribution in [3.05, 3.63) is 77.9 Å². The topological polar surface area (TPSA) is 26.0 Å². The van der Waals surface area contributed by atoms with Gasteiger partial charge in [0.05, 0.1) is 0 Å². The van der Waals surface area contributed by atoms with E-state index in [9.17, 15) is 0 Å². The molecule has 0 aromatic heterocycles. The van der Waals surface area contributed by atoms with Crippen LogP contribution >= 0.6 is 0 Å². The summed E-state index contributed by atoms with van der Waals surface area (Å²) in [5.74, 6) is 0.